The van der Waals surface area contributed by atoms with Crippen molar-refractivity contribution in [2.45, 2.75) is 40.3 Å². The smallest absolute Gasteiger partial charge is 0.298 e. The first-order valence-corrected chi connectivity index (χ1v) is 9.06. The molecule has 0 saturated carbocycles. The van der Waals surface area contributed by atoms with Crippen molar-refractivity contribution in [2.24, 2.45) is 5.41 Å². The highest BCUT2D eigenvalue weighted by Crippen LogP contribution is 2.37. The summed E-state index contributed by atoms with van der Waals surface area (Å²) in [5.74, 6) is 0.428. The molecule has 0 amide bonds. The van der Waals surface area contributed by atoms with E-state index in [1.54, 1.807) is 12.1 Å². The molecule has 142 valence electrons. The van der Waals surface area contributed by atoms with E-state index in [0.29, 0.717) is 11.4 Å². The molecule has 0 bridgehead atoms. The molecule has 0 aliphatic carbocycles. The number of hydrogen-bond acceptors (Lipinski definition) is 4. The van der Waals surface area contributed by atoms with Crippen LogP contribution in [0, 0.1) is 22.5 Å². The zero-order valence-electron chi connectivity index (χ0n) is 15.7. The molecule has 6 nitrogen and oxygen atoms in total. The maximum atomic E-state index is 11.6. The lowest BCUT2D eigenvalue weighted by Gasteiger charge is -2.27. The van der Waals surface area contributed by atoms with Gasteiger partial charge in [0.25, 0.3) is 5.69 Å². The molecule has 3 aromatic rings. The van der Waals surface area contributed by atoms with E-state index in [-0.39, 0.29) is 22.7 Å². The summed E-state index contributed by atoms with van der Waals surface area (Å²) < 4.78 is 1.84. The minimum absolute atomic E-state index is 0.0594. The monoisotopic (exact) mass is 387 g/mol. The summed E-state index contributed by atoms with van der Waals surface area (Å²) in [6, 6.07) is 10.6. The van der Waals surface area contributed by atoms with Crippen LogP contribution in [0.4, 0.5) is 5.69 Å². The number of aromatic nitrogens is 2. The fourth-order valence-corrected chi connectivity index (χ4v) is 3.25. The van der Waals surface area contributed by atoms with Crippen LogP contribution in [-0.2, 0) is 6.54 Å². The van der Waals surface area contributed by atoms with Crippen LogP contribution in [0.3, 0.4) is 0 Å². The molecule has 3 rings (SSSR count). The highest BCUT2D eigenvalue weighted by molar-refractivity contribution is 6.33. The second kappa shape index (κ2) is 6.94. The number of nitro benzene ring substituents is 1. The predicted molar refractivity (Wildman–Crippen MR) is 107 cm³/mol. The molecule has 0 fully saturated rings. The van der Waals surface area contributed by atoms with Gasteiger partial charge in [-0.1, -0.05) is 50.6 Å². The van der Waals surface area contributed by atoms with Crippen molar-refractivity contribution in [3.05, 3.63) is 57.1 Å². The molecule has 27 heavy (non-hydrogen) atoms. The van der Waals surface area contributed by atoms with Crippen molar-refractivity contribution in [3.63, 3.8) is 0 Å². The Morgan fingerprint density at radius 2 is 1.93 bits per heavy atom. The summed E-state index contributed by atoms with van der Waals surface area (Å²) in [6.45, 7) is 8.05. The summed E-state index contributed by atoms with van der Waals surface area (Å²) in [6.07, 6.45) is -0.660. The number of benzene rings is 2. The van der Waals surface area contributed by atoms with Crippen LogP contribution in [0.1, 0.15) is 26.3 Å². The van der Waals surface area contributed by atoms with Crippen LogP contribution >= 0.6 is 11.6 Å². The van der Waals surface area contributed by atoms with Crippen LogP contribution in [0.2, 0.25) is 5.02 Å². The number of nitro groups is 1. The van der Waals surface area contributed by atoms with Gasteiger partial charge in [0.05, 0.1) is 34.2 Å². The molecule has 0 aliphatic heterocycles. The van der Waals surface area contributed by atoms with Gasteiger partial charge in [0.2, 0.25) is 0 Å². The highest BCUT2D eigenvalue weighted by atomic mass is 35.5. The molecule has 1 heterocycles. The Morgan fingerprint density at radius 3 is 2.56 bits per heavy atom. The molecule has 0 radical (unpaired) electrons. The van der Waals surface area contributed by atoms with Crippen LogP contribution in [-0.4, -0.2) is 25.7 Å². The Bertz CT molecular complexity index is 1020. The van der Waals surface area contributed by atoms with Gasteiger partial charge in [0, 0.05) is 0 Å². The minimum atomic E-state index is -0.660. The van der Waals surface area contributed by atoms with Crippen molar-refractivity contribution in [3.8, 4) is 11.4 Å². The highest BCUT2D eigenvalue weighted by Gasteiger charge is 2.28. The number of rotatable bonds is 4. The van der Waals surface area contributed by atoms with Gasteiger partial charge in [0.15, 0.2) is 0 Å². The lowest BCUT2D eigenvalue weighted by molar-refractivity contribution is -0.384. The van der Waals surface area contributed by atoms with E-state index < -0.39 is 11.0 Å². The predicted octanol–water partition coefficient (Wildman–Crippen LogP) is 4.98. The summed E-state index contributed by atoms with van der Waals surface area (Å²) >= 11 is 6.11. The lowest BCUT2D eigenvalue weighted by atomic mass is 9.89. The van der Waals surface area contributed by atoms with Gasteiger partial charge >= 0.3 is 0 Å². The molecule has 0 aliphatic rings. The van der Waals surface area contributed by atoms with Gasteiger partial charge in [-0.25, -0.2) is 4.98 Å². The fraction of sp³-hybridized carbons (Fsp3) is 0.350. The van der Waals surface area contributed by atoms with Crippen molar-refractivity contribution in [1.82, 2.24) is 9.55 Å². The molecule has 7 heteroatoms. The molecule has 1 unspecified atom stereocenters. The Labute approximate surface area is 162 Å². The van der Waals surface area contributed by atoms with Crippen LogP contribution in [0.25, 0.3) is 22.4 Å². The SMILES string of the molecule is Cc1cccc2c1nc(-c1cccc(Cl)c1[N+](=O)[O-])n2CC(O)C(C)(C)C. The van der Waals surface area contributed by atoms with E-state index in [0.717, 1.165) is 16.6 Å². The van der Waals surface area contributed by atoms with E-state index >= 15 is 0 Å². The summed E-state index contributed by atoms with van der Waals surface area (Å²) in [4.78, 5) is 15.8. The van der Waals surface area contributed by atoms with Crippen molar-refractivity contribution < 1.29 is 10.0 Å². The number of nitrogens with zero attached hydrogens (tertiary/aromatic N) is 3. The van der Waals surface area contributed by atoms with Crippen molar-refractivity contribution in [1.29, 1.82) is 0 Å². The number of aryl methyl sites for hydroxylation is 1. The fourth-order valence-electron chi connectivity index (χ4n) is 3.01. The Kier molecular flexibility index (Phi) is 4.97. The summed E-state index contributed by atoms with van der Waals surface area (Å²) in [5.41, 5.74) is 2.34. The molecule has 1 N–H and O–H groups in total. The van der Waals surface area contributed by atoms with Gasteiger partial charge in [-0.15, -0.1) is 0 Å². The van der Waals surface area contributed by atoms with Crippen molar-refractivity contribution >= 4 is 28.3 Å². The number of aliphatic hydroxyl groups excluding tert-OH is 1. The van der Waals surface area contributed by atoms with Gasteiger partial charge in [0.1, 0.15) is 10.8 Å². The zero-order valence-corrected chi connectivity index (χ0v) is 16.5. The first-order valence-electron chi connectivity index (χ1n) is 8.68. The summed E-state index contributed by atoms with van der Waals surface area (Å²) in [7, 11) is 0. The largest absolute Gasteiger partial charge is 0.391 e. The zero-order chi connectivity index (χ0) is 19.9. The summed E-state index contributed by atoms with van der Waals surface area (Å²) in [5, 5.41) is 22.4. The second-order valence-corrected chi connectivity index (χ2v) is 8.17. The van der Waals surface area contributed by atoms with E-state index in [1.165, 1.54) is 6.07 Å². The number of aliphatic hydroxyl groups is 1. The average molecular weight is 388 g/mol. The molecular formula is C20H22ClN3O3. The normalized spacial score (nSPS) is 13.1. The average Bonchev–Trinajstić information content (AvgIpc) is 2.93. The molecule has 2 aromatic carbocycles. The molecule has 1 atom stereocenters. The molecule has 0 saturated heterocycles. The number of hydrogen-bond donors (Lipinski definition) is 1. The van der Waals surface area contributed by atoms with E-state index in [9.17, 15) is 15.2 Å². The first kappa shape index (κ1) is 19.3. The minimum Gasteiger partial charge on any atom is -0.391 e. The van der Waals surface area contributed by atoms with E-state index in [4.69, 9.17) is 16.6 Å². The Balaban J connectivity index is 2.31. The van der Waals surface area contributed by atoms with Crippen LogP contribution in [0.5, 0.6) is 0 Å². The number of halogens is 1. The topological polar surface area (TPSA) is 81.2 Å². The third-order valence-corrected chi connectivity index (χ3v) is 5.05. The maximum Gasteiger partial charge on any atom is 0.298 e. The standard InChI is InChI=1S/C20H22ClN3O3/c1-12-7-5-10-15-17(12)22-19(23(15)11-16(25)20(2,3)4)13-8-6-9-14(21)18(13)24(26)27/h5-10,16,25H,11H2,1-4H3. The molecule has 0 spiro atoms. The first-order chi connectivity index (χ1) is 12.6. The van der Waals surface area contributed by atoms with Gasteiger partial charge in [-0.3, -0.25) is 10.1 Å². The Hall–Kier alpha value is -2.44. The van der Waals surface area contributed by atoms with Gasteiger partial charge in [-0.2, -0.15) is 0 Å². The number of para-hydroxylation sites is 2. The molecular weight excluding hydrogens is 366 g/mol. The number of fused-ring (bicyclic) bond motifs is 1. The van der Waals surface area contributed by atoms with E-state index in [1.807, 2.05) is 50.5 Å². The van der Waals surface area contributed by atoms with Crippen molar-refractivity contribution in [2.75, 3.05) is 0 Å². The van der Waals surface area contributed by atoms with Crippen LogP contribution in [0.15, 0.2) is 36.4 Å². The second-order valence-electron chi connectivity index (χ2n) is 7.76. The van der Waals surface area contributed by atoms with Crippen LogP contribution < -0.4 is 0 Å². The third-order valence-electron chi connectivity index (χ3n) is 4.75. The quantitative estimate of drug-likeness (QED) is 0.505. The Morgan fingerprint density at radius 1 is 1.26 bits per heavy atom. The van der Waals surface area contributed by atoms with Gasteiger partial charge in [-0.05, 0) is 36.1 Å². The molecule has 1 aromatic heterocycles. The number of imidazole rings is 1. The lowest BCUT2D eigenvalue weighted by Crippen LogP contribution is -2.30. The van der Waals surface area contributed by atoms with Gasteiger partial charge < -0.3 is 9.67 Å². The maximum absolute atomic E-state index is 11.6. The third kappa shape index (κ3) is 3.55. The van der Waals surface area contributed by atoms with E-state index in [2.05, 4.69) is 0 Å².